The van der Waals surface area contributed by atoms with Crippen molar-refractivity contribution in [2.24, 2.45) is 0 Å². The Balaban J connectivity index is 1.20. The molecule has 1 saturated heterocycles. The van der Waals surface area contributed by atoms with E-state index in [1.165, 1.54) is 17.0 Å². The van der Waals surface area contributed by atoms with Crippen LogP contribution in [0.1, 0.15) is 11.1 Å². The summed E-state index contributed by atoms with van der Waals surface area (Å²) in [6, 6.07) is 19.1. The van der Waals surface area contributed by atoms with Gasteiger partial charge in [-0.05, 0) is 53.7 Å². The minimum absolute atomic E-state index is 0.0985. The van der Waals surface area contributed by atoms with Crippen molar-refractivity contribution in [1.29, 1.82) is 0 Å². The van der Waals surface area contributed by atoms with E-state index >= 15 is 0 Å². The largest absolute Gasteiger partial charge is 0.492 e. The average molecular weight is 517 g/mol. The molecule has 0 spiro atoms. The van der Waals surface area contributed by atoms with Crippen molar-refractivity contribution in [3.63, 3.8) is 0 Å². The molecule has 186 valence electrons. The fraction of sp³-hybridized carbons (Fsp3) is 0.143. The van der Waals surface area contributed by atoms with Gasteiger partial charge in [0, 0.05) is 28.7 Å². The molecule has 1 fully saturated rings. The number of benzene rings is 3. The molecular formula is C28H21FN2O5S. The molecule has 2 aliphatic rings. The minimum Gasteiger partial charge on any atom is -0.492 e. The summed E-state index contributed by atoms with van der Waals surface area (Å²) in [5.74, 6) is 1.34. The topological polar surface area (TPSA) is 70.0 Å². The molecule has 2 amide bonds. The third-order valence-electron chi connectivity index (χ3n) is 6.18. The number of rotatable bonds is 7. The second-order valence-corrected chi connectivity index (χ2v) is 9.55. The summed E-state index contributed by atoms with van der Waals surface area (Å²) < 4.78 is 32.0. The maximum absolute atomic E-state index is 13.2. The van der Waals surface area contributed by atoms with Crippen molar-refractivity contribution in [2.45, 2.75) is 13.1 Å². The van der Waals surface area contributed by atoms with Crippen LogP contribution in [0.4, 0.5) is 9.18 Å². The first-order chi connectivity index (χ1) is 18.0. The number of ether oxygens (including phenoxy) is 3. The summed E-state index contributed by atoms with van der Waals surface area (Å²) in [6.07, 6.45) is 3.72. The van der Waals surface area contributed by atoms with Gasteiger partial charge in [-0.3, -0.25) is 14.5 Å². The second kappa shape index (κ2) is 9.67. The van der Waals surface area contributed by atoms with Crippen LogP contribution in [0, 0.1) is 5.82 Å². The van der Waals surface area contributed by atoms with E-state index in [0.29, 0.717) is 40.9 Å². The smallest absolute Gasteiger partial charge is 0.293 e. The molecule has 0 aliphatic carbocycles. The van der Waals surface area contributed by atoms with Crippen molar-refractivity contribution in [1.82, 2.24) is 9.47 Å². The fourth-order valence-corrected chi connectivity index (χ4v) is 5.18. The maximum atomic E-state index is 13.2. The summed E-state index contributed by atoms with van der Waals surface area (Å²) in [6.45, 7) is 1.31. The molecular weight excluding hydrogens is 495 g/mol. The Hall–Kier alpha value is -4.24. The molecule has 0 N–H and O–H groups in total. The molecule has 1 aromatic heterocycles. The van der Waals surface area contributed by atoms with Gasteiger partial charge in [0.2, 0.25) is 6.79 Å². The van der Waals surface area contributed by atoms with Gasteiger partial charge in [-0.1, -0.05) is 30.3 Å². The number of aromatic nitrogens is 1. The van der Waals surface area contributed by atoms with Gasteiger partial charge in [-0.2, -0.15) is 0 Å². The molecule has 9 heteroatoms. The van der Waals surface area contributed by atoms with Crippen molar-refractivity contribution in [3.05, 3.63) is 94.8 Å². The van der Waals surface area contributed by atoms with Gasteiger partial charge >= 0.3 is 0 Å². The molecule has 37 heavy (non-hydrogen) atoms. The van der Waals surface area contributed by atoms with Gasteiger partial charge in [-0.15, -0.1) is 0 Å². The Morgan fingerprint density at radius 2 is 1.81 bits per heavy atom. The zero-order chi connectivity index (χ0) is 25.4. The highest BCUT2D eigenvalue weighted by atomic mass is 32.2. The van der Waals surface area contributed by atoms with Gasteiger partial charge in [0.25, 0.3) is 11.1 Å². The highest BCUT2D eigenvalue weighted by Gasteiger charge is 2.35. The van der Waals surface area contributed by atoms with Gasteiger partial charge in [0.05, 0.1) is 18.0 Å². The summed E-state index contributed by atoms with van der Waals surface area (Å²) in [4.78, 5) is 27.2. The van der Waals surface area contributed by atoms with Crippen LogP contribution in [-0.4, -0.2) is 34.0 Å². The molecule has 3 aromatic carbocycles. The van der Waals surface area contributed by atoms with E-state index in [-0.39, 0.29) is 30.3 Å². The number of thioether (sulfide) groups is 1. The number of halogens is 1. The SMILES string of the molecule is O=C1S/C(=C\c2cn(CCOc3ccc4c(c3)OCO4)c3ccccc23)C(=O)N1Cc1ccc(F)cc1. The first-order valence-electron chi connectivity index (χ1n) is 11.7. The third kappa shape index (κ3) is 4.65. The van der Waals surface area contributed by atoms with Crippen LogP contribution in [0.3, 0.4) is 0 Å². The molecule has 2 aliphatic heterocycles. The number of amides is 2. The van der Waals surface area contributed by atoms with Crippen LogP contribution in [0.5, 0.6) is 17.2 Å². The number of hydrogen-bond acceptors (Lipinski definition) is 6. The van der Waals surface area contributed by atoms with Crippen LogP contribution in [0.15, 0.2) is 77.8 Å². The van der Waals surface area contributed by atoms with E-state index in [4.69, 9.17) is 14.2 Å². The van der Waals surface area contributed by atoms with Crippen LogP contribution < -0.4 is 14.2 Å². The highest BCUT2D eigenvalue weighted by Crippen LogP contribution is 2.36. The molecule has 6 rings (SSSR count). The quantitative estimate of drug-likeness (QED) is 0.288. The van der Waals surface area contributed by atoms with Crippen LogP contribution >= 0.6 is 11.8 Å². The van der Waals surface area contributed by atoms with E-state index in [2.05, 4.69) is 4.57 Å². The summed E-state index contributed by atoms with van der Waals surface area (Å²) in [7, 11) is 0. The molecule has 0 radical (unpaired) electrons. The molecule has 4 aromatic rings. The summed E-state index contributed by atoms with van der Waals surface area (Å²) >= 11 is 0.910. The first-order valence-corrected chi connectivity index (χ1v) is 12.5. The van der Waals surface area contributed by atoms with Gasteiger partial charge in [-0.25, -0.2) is 4.39 Å². The Morgan fingerprint density at radius 3 is 2.68 bits per heavy atom. The lowest BCUT2D eigenvalue weighted by molar-refractivity contribution is -0.123. The highest BCUT2D eigenvalue weighted by molar-refractivity contribution is 8.18. The maximum Gasteiger partial charge on any atom is 0.293 e. The molecule has 7 nitrogen and oxygen atoms in total. The number of hydrogen-bond donors (Lipinski definition) is 0. The predicted molar refractivity (Wildman–Crippen MR) is 138 cm³/mol. The Bertz CT molecular complexity index is 1550. The number of carbonyl (C=O) groups is 2. The van der Waals surface area contributed by atoms with Crippen molar-refractivity contribution in [2.75, 3.05) is 13.4 Å². The number of imide groups is 1. The molecule has 0 atom stereocenters. The number of carbonyl (C=O) groups excluding carboxylic acids is 2. The van der Waals surface area contributed by atoms with Gasteiger partial charge < -0.3 is 18.8 Å². The monoisotopic (exact) mass is 516 g/mol. The third-order valence-corrected chi connectivity index (χ3v) is 7.09. The van der Waals surface area contributed by atoms with E-state index in [0.717, 1.165) is 28.2 Å². The molecule has 0 saturated carbocycles. The van der Waals surface area contributed by atoms with Gasteiger partial charge in [0.15, 0.2) is 11.5 Å². The van der Waals surface area contributed by atoms with Crippen molar-refractivity contribution < 1.29 is 28.2 Å². The standard InChI is InChI=1S/C28H21FN2O5S/c29-20-7-5-18(6-8-20)15-31-27(32)26(37-28(31)33)13-19-16-30(23-4-2-1-3-22(19)23)11-12-34-21-9-10-24-25(14-21)36-17-35-24/h1-10,13-14,16H,11-12,15,17H2/b26-13-. The number of nitrogens with zero attached hydrogens (tertiary/aromatic N) is 2. The number of fused-ring (bicyclic) bond motifs is 2. The first kappa shape index (κ1) is 23.2. The Morgan fingerprint density at radius 1 is 1.00 bits per heavy atom. The Labute approximate surface area is 216 Å². The predicted octanol–water partition coefficient (Wildman–Crippen LogP) is 5.82. The lowest BCUT2D eigenvalue weighted by Gasteiger charge is -2.12. The molecule has 0 unspecified atom stereocenters. The van der Waals surface area contributed by atoms with Crippen LogP contribution in [0.2, 0.25) is 0 Å². The second-order valence-electron chi connectivity index (χ2n) is 8.55. The zero-order valence-electron chi connectivity index (χ0n) is 19.6. The summed E-state index contributed by atoms with van der Waals surface area (Å²) in [5, 5.41) is 0.623. The van der Waals surface area contributed by atoms with Crippen LogP contribution in [-0.2, 0) is 17.9 Å². The minimum atomic E-state index is -0.365. The van der Waals surface area contributed by atoms with Crippen LogP contribution in [0.25, 0.3) is 17.0 Å². The van der Waals surface area contributed by atoms with E-state index < -0.39 is 0 Å². The lowest BCUT2D eigenvalue weighted by Crippen LogP contribution is -2.27. The van der Waals surface area contributed by atoms with Crippen molar-refractivity contribution >= 4 is 39.9 Å². The van der Waals surface area contributed by atoms with E-state index in [1.54, 1.807) is 18.2 Å². The zero-order valence-corrected chi connectivity index (χ0v) is 20.4. The summed E-state index contributed by atoms with van der Waals surface area (Å²) in [5.41, 5.74) is 2.52. The fourth-order valence-electron chi connectivity index (χ4n) is 4.35. The van der Waals surface area contributed by atoms with E-state index in [1.807, 2.05) is 48.7 Å². The van der Waals surface area contributed by atoms with E-state index in [9.17, 15) is 14.0 Å². The van der Waals surface area contributed by atoms with Gasteiger partial charge in [0.1, 0.15) is 18.2 Å². The van der Waals surface area contributed by atoms with Crippen molar-refractivity contribution in [3.8, 4) is 17.2 Å². The number of para-hydroxylation sites is 1. The molecule has 3 heterocycles. The average Bonchev–Trinajstić information content (AvgIpc) is 3.58. The Kier molecular flexibility index (Phi) is 6.05. The molecule has 0 bridgehead atoms. The normalized spacial score (nSPS) is 15.8. The lowest BCUT2D eigenvalue weighted by atomic mass is 10.1.